The first-order chi connectivity index (χ1) is 3.46. The van der Waals surface area contributed by atoms with Crippen molar-refractivity contribution in [2.75, 3.05) is 0 Å². The summed E-state index contributed by atoms with van der Waals surface area (Å²) >= 11 is 0. The van der Waals surface area contributed by atoms with Gasteiger partial charge in [-0.1, -0.05) is 0 Å². The molecule has 0 spiro atoms. The standard InChI is InChI=1S/2H2N2O2.Zn/c2*1-2(3)4;/h2*1H2;. The Balaban J connectivity index is -0.0000000720. The van der Waals surface area contributed by atoms with Gasteiger partial charge in [-0.25, -0.2) is 20.2 Å². The van der Waals surface area contributed by atoms with Crippen LogP contribution in [0.4, 0.5) is 0 Å². The van der Waals surface area contributed by atoms with Crippen molar-refractivity contribution in [1.29, 1.82) is 0 Å². The maximum Gasteiger partial charge on any atom is 0.154 e. The third-order valence-corrected chi connectivity index (χ3v) is 0. The molecule has 0 amide bonds. The van der Waals surface area contributed by atoms with E-state index < -0.39 is 10.1 Å². The molecule has 0 fully saturated rings. The second kappa shape index (κ2) is 10.1. The Bertz CT molecular complexity index is 70.6. The fraction of sp³-hybridized carbons (Fsp3) is 0. The number of hydrogen-bond acceptors (Lipinski definition) is 4. The van der Waals surface area contributed by atoms with Gasteiger partial charge < -0.3 is 0 Å². The molecule has 0 rings (SSSR count). The van der Waals surface area contributed by atoms with Crippen LogP contribution in [0.5, 0.6) is 0 Å². The van der Waals surface area contributed by atoms with Crippen LogP contribution in [0.2, 0.25) is 0 Å². The van der Waals surface area contributed by atoms with Crippen LogP contribution in [0, 0.1) is 20.2 Å². The number of nitro groups is 2. The van der Waals surface area contributed by atoms with Gasteiger partial charge in [0, 0.05) is 19.5 Å². The van der Waals surface area contributed by atoms with Gasteiger partial charge in [-0.2, -0.15) is 11.7 Å². The molecule has 0 aliphatic heterocycles. The van der Waals surface area contributed by atoms with Crippen LogP contribution in [-0.2, 0) is 19.5 Å². The zero-order chi connectivity index (χ0) is 7.15. The first-order valence-corrected chi connectivity index (χ1v) is 1.25. The van der Waals surface area contributed by atoms with Crippen LogP contribution < -0.4 is 11.7 Å². The molecule has 50 valence electrons. The second-order valence-corrected chi connectivity index (χ2v) is 0.571. The molecule has 8 nitrogen and oxygen atoms in total. The van der Waals surface area contributed by atoms with Crippen LogP contribution in [0.3, 0.4) is 0 Å². The van der Waals surface area contributed by atoms with Crippen LogP contribution in [0.25, 0.3) is 0 Å². The van der Waals surface area contributed by atoms with Gasteiger partial charge in [-0.05, 0) is 0 Å². The summed E-state index contributed by atoms with van der Waals surface area (Å²) in [6.07, 6.45) is 0. The Morgan fingerprint density at radius 3 is 1.00 bits per heavy atom. The molecule has 0 aromatic carbocycles. The number of hydrazine groups is 2. The molecule has 0 aliphatic rings. The van der Waals surface area contributed by atoms with Gasteiger partial charge in [0.25, 0.3) is 0 Å². The molecule has 0 heterocycles. The van der Waals surface area contributed by atoms with E-state index in [1.807, 2.05) is 0 Å². The Hall–Kier alpha value is -0.977. The van der Waals surface area contributed by atoms with Gasteiger partial charge in [0.1, 0.15) is 0 Å². The van der Waals surface area contributed by atoms with Gasteiger partial charge >= 0.3 is 0 Å². The molecular weight excluding hydrogens is 185 g/mol. The summed E-state index contributed by atoms with van der Waals surface area (Å²) in [5, 5.41) is 15.2. The number of nitrogens with zero attached hydrogens (tertiary/aromatic N) is 2. The minimum absolute atomic E-state index is 0. The van der Waals surface area contributed by atoms with Crippen molar-refractivity contribution in [3.8, 4) is 0 Å². The summed E-state index contributed by atoms with van der Waals surface area (Å²) in [6, 6.07) is 0. The van der Waals surface area contributed by atoms with Gasteiger partial charge in [0.2, 0.25) is 0 Å². The zero-order valence-corrected chi connectivity index (χ0v) is 7.36. The molecule has 0 saturated carbocycles. The van der Waals surface area contributed by atoms with Crippen LogP contribution in [0.15, 0.2) is 0 Å². The predicted octanol–water partition coefficient (Wildman–Crippen LogP) is -1.73. The average molecular weight is 189 g/mol. The van der Waals surface area contributed by atoms with E-state index >= 15 is 0 Å². The van der Waals surface area contributed by atoms with E-state index in [4.69, 9.17) is 20.2 Å². The fourth-order valence-electron chi connectivity index (χ4n) is 0. The quantitative estimate of drug-likeness (QED) is 0.201. The number of nitrogens with two attached hydrogens (primary N) is 2. The Kier molecular flexibility index (Phi) is 17.6. The van der Waals surface area contributed by atoms with Crippen molar-refractivity contribution in [3.63, 3.8) is 0 Å². The predicted molar refractivity (Wildman–Crippen MR) is 22.4 cm³/mol. The Morgan fingerprint density at radius 2 is 1.00 bits per heavy atom. The van der Waals surface area contributed by atoms with E-state index in [0.29, 0.717) is 0 Å². The molecule has 9 heteroatoms. The monoisotopic (exact) mass is 188 g/mol. The van der Waals surface area contributed by atoms with Crippen molar-refractivity contribution in [3.05, 3.63) is 20.2 Å². The molecule has 4 N–H and O–H groups in total. The molecule has 9 heavy (non-hydrogen) atoms. The molecule has 0 saturated heterocycles. The minimum Gasteiger partial charge on any atom is -0.235 e. The molecule has 0 unspecified atom stereocenters. The molecule has 0 aromatic rings. The third-order valence-electron chi connectivity index (χ3n) is 0. The van der Waals surface area contributed by atoms with Gasteiger partial charge in [-0.15, -0.1) is 0 Å². The first kappa shape index (κ1) is 15.7. The fourth-order valence-corrected chi connectivity index (χ4v) is 0. The van der Waals surface area contributed by atoms with Gasteiger partial charge in [0.15, 0.2) is 10.1 Å². The molecule has 0 aromatic heterocycles. The van der Waals surface area contributed by atoms with E-state index in [9.17, 15) is 0 Å². The first-order valence-electron chi connectivity index (χ1n) is 1.25. The number of rotatable bonds is 0. The molecule has 0 radical (unpaired) electrons. The van der Waals surface area contributed by atoms with Crippen LogP contribution >= 0.6 is 0 Å². The minimum atomic E-state index is -1.00. The van der Waals surface area contributed by atoms with Crippen LogP contribution in [-0.4, -0.2) is 10.1 Å². The summed E-state index contributed by atoms with van der Waals surface area (Å²) in [5.41, 5.74) is 0. The van der Waals surface area contributed by atoms with Crippen molar-refractivity contribution in [2.45, 2.75) is 0 Å². The second-order valence-electron chi connectivity index (χ2n) is 0.571. The summed E-state index contributed by atoms with van der Waals surface area (Å²) in [6.45, 7) is 0. The largest absolute Gasteiger partial charge is 0.235 e. The van der Waals surface area contributed by atoms with Crippen molar-refractivity contribution in [1.82, 2.24) is 0 Å². The smallest absolute Gasteiger partial charge is 0.154 e. The SMILES string of the molecule is N[N+](=O)[O-].N[N+](=O)[O-].[Zn]. The van der Waals surface area contributed by atoms with E-state index in [1.54, 1.807) is 0 Å². The summed E-state index contributed by atoms with van der Waals surface area (Å²) in [5.74, 6) is 7.67. The van der Waals surface area contributed by atoms with Gasteiger partial charge in [0.05, 0.1) is 0 Å². The van der Waals surface area contributed by atoms with Gasteiger partial charge in [-0.3, -0.25) is 0 Å². The van der Waals surface area contributed by atoms with E-state index in [1.165, 1.54) is 0 Å². The topological polar surface area (TPSA) is 138 Å². The molecular formula is H4N4O4Zn. The normalized spacial score (nSPS) is 5.33. The number of hydrogen-bond donors (Lipinski definition) is 2. The van der Waals surface area contributed by atoms with Crippen molar-refractivity contribution in [2.24, 2.45) is 11.7 Å². The molecule has 0 bridgehead atoms. The van der Waals surface area contributed by atoms with E-state index in [-0.39, 0.29) is 19.5 Å². The zero-order valence-electron chi connectivity index (χ0n) is 4.39. The Morgan fingerprint density at radius 1 is 1.00 bits per heavy atom. The Labute approximate surface area is 62.2 Å². The van der Waals surface area contributed by atoms with Crippen LogP contribution in [0.1, 0.15) is 0 Å². The average Bonchev–Trinajstić information content (AvgIpc) is 1.25. The summed E-state index contributed by atoms with van der Waals surface area (Å²) in [7, 11) is 0. The van der Waals surface area contributed by atoms with Crippen molar-refractivity contribution >= 4 is 0 Å². The van der Waals surface area contributed by atoms with Crippen molar-refractivity contribution < 1.29 is 29.5 Å². The maximum atomic E-state index is 8.58. The summed E-state index contributed by atoms with van der Waals surface area (Å²) in [4.78, 5) is 17.2. The molecule has 0 aliphatic carbocycles. The maximum absolute atomic E-state index is 8.58. The van der Waals surface area contributed by atoms with E-state index in [0.717, 1.165) is 0 Å². The third kappa shape index (κ3) is 186. The molecule has 0 atom stereocenters. The summed E-state index contributed by atoms with van der Waals surface area (Å²) < 4.78 is 0. The van der Waals surface area contributed by atoms with E-state index in [2.05, 4.69) is 11.7 Å².